The van der Waals surface area contributed by atoms with Crippen molar-refractivity contribution in [1.29, 1.82) is 0 Å². The molecule has 0 aromatic heterocycles. The summed E-state index contributed by atoms with van der Waals surface area (Å²) < 4.78 is 0. The number of nitrogens with zero attached hydrogens (tertiary/aromatic N) is 1. The van der Waals surface area contributed by atoms with Crippen LogP contribution in [0.3, 0.4) is 0 Å². The van der Waals surface area contributed by atoms with Crippen molar-refractivity contribution < 1.29 is 9.63 Å². The van der Waals surface area contributed by atoms with E-state index in [4.69, 9.17) is 0 Å². The average molecular weight is 113 g/mol. The molecule has 8 heavy (non-hydrogen) atoms. The van der Waals surface area contributed by atoms with Crippen LogP contribution < -0.4 is 0 Å². The lowest BCUT2D eigenvalue weighted by molar-refractivity contribution is -0.126. The van der Waals surface area contributed by atoms with Crippen LogP contribution in [0.1, 0.15) is 13.3 Å². The Bertz CT molecular complexity index is 122. The van der Waals surface area contributed by atoms with E-state index in [9.17, 15) is 4.79 Å². The molecule has 1 rings (SSSR count). The maximum absolute atomic E-state index is 10.4. The molecule has 1 aliphatic heterocycles. The third-order valence-corrected chi connectivity index (χ3v) is 1.04. The van der Waals surface area contributed by atoms with E-state index in [1.165, 1.54) is 6.92 Å². The minimum atomic E-state index is -0.296. The fourth-order valence-electron chi connectivity index (χ4n) is 0.538. The SMILES string of the molecule is CC(=O)C1CC=NO1. The standard InChI is InChI=1S/C5H7NO2/c1-4(7)5-2-3-6-8-5/h3,5H,2H2,1H3. The van der Waals surface area contributed by atoms with Crippen LogP contribution in [0.15, 0.2) is 5.16 Å². The Labute approximate surface area is 47.3 Å². The molecule has 0 aromatic rings. The molecule has 0 radical (unpaired) electrons. The third kappa shape index (κ3) is 0.857. The average Bonchev–Trinajstić information content (AvgIpc) is 2.12. The molecule has 0 saturated carbocycles. The topological polar surface area (TPSA) is 38.7 Å². The van der Waals surface area contributed by atoms with Gasteiger partial charge < -0.3 is 4.84 Å². The van der Waals surface area contributed by atoms with E-state index in [-0.39, 0.29) is 11.9 Å². The molecule has 0 fully saturated rings. The highest BCUT2D eigenvalue weighted by Crippen LogP contribution is 2.04. The van der Waals surface area contributed by atoms with Crippen molar-refractivity contribution in [3.63, 3.8) is 0 Å². The lowest BCUT2D eigenvalue weighted by Crippen LogP contribution is -2.15. The van der Waals surface area contributed by atoms with E-state index >= 15 is 0 Å². The summed E-state index contributed by atoms with van der Waals surface area (Å²) in [5, 5.41) is 3.44. The third-order valence-electron chi connectivity index (χ3n) is 1.04. The fourth-order valence-corrected chi connectivity index (χ4v) is 0.538. The second-order valence-corrected chi connectivity index (χ2v) is 1.73. The van der Waals surface area contributed by atoms with Crippen LogP contribution in [0.25, 0.3) is 0 Å². The molecule has 0 bridgehead atoms. The minimum absolute atomic E-state index is 0.0440. The molecule has 3 nitrogen and oxygen atoms in total. The first kappa shape index (κ1) is 5.28. The summed E-state index contributed by atoms with van der Waals surface area (Å²) in [7, 11) is 0. The summed E-state index contributed by atoms with van der Waals surface area (Å²) in [5.41, 5.74) is 0. The largest absolute Gasteiger partial charge is 0.384 e. The van der Waals surface area contributed by atoms with E-state index in [2.05, 4.69) is 9.99 Å². The molecule has 1 atom stereocenters. The molecule has 0 aliphatic carbocycles. The van der Waals surface area contributed by atoms with Crippen LogP contribution in [-0.2, 0) is 9.63 Å². The summed E-state index contributed by atoms with van der Waals surface area (Å²) in [4.78, 5) is 15.1. The van der Waals surface area contributed by atoms with E-state index < -0.39 is 0 Å². The number of carbonyl (C=O) groups excluding carboxylic acids is 1. The zero-order valence-corrected chi connectivity index (χ0v) is 4.63. The summed E-state index contributed by atoms with van der Waals surface area (Å²) in [6, 6.07) is 0. The quantitative estimate of drug-likeness (QED) is 0.492. The molecule has 0 aromatic carbocycles. The highest BCUT2D eigenvalue weighted by molar-refractivity contribution is 5.84. The normalized spacial score (nSPS) is 25.4. The Morgan fingerprint density at radius 3 is 3.00 bits per heavy atom. The van der Waals surface area contributed by atoms with Crippen molar-refractivity contribution in [3.05, 3.63) is 0 Å². The minimum Gasteiger partial charge on any atom is -0.384 e. The van der Waals surface area contributed by atoms with Crippen molar-refractivity contribution in [3.8, 4) is 0 Å². The van der Waals surface area contributed by atoms with Gasteiger partial charge in [0.25, 0.3) is 0 Å². The van der Waals surface area contributed by atoms with Crippen LogP contribution >= 0.6 is 0 Å². The second-order valence-electron chi connectivity index (χ2n) is 1.73. The zero-order chi connectivity index (χ0) is 5.98. The Morgan fingerprint density at radius 1 is 2.00 bits per heavy atom. The number of oxime groups is 1. The van der Waals surface area contributed by atoms with Crippen LogP contribution in [0.2, 0.25) is 0 Å². The highest BCUT2D eigenvalue weighted by Gasteiger charge is 2.17. The maximum atomic E-state index is 10.4. The van der Waals surface area contributed by atoms with E-state index in [1.54, 1.807) is 6.21 Å². The number of Topliss-reactive ketones (excluding diaryl/α,β-unsaturated/α-hetero) is 1. The van der Waals surface area contributed by atoms with Gasteiger partial charge in [-0.3, -0.25) is 4.79 Å². The summed E-state index contributed by atoms with van der Waals surface area (Å²) in [5.74, 6) is 0.0440. The van der Waals surface area contributed by atoms with Gasteiger partial charge in [-0.1, -0.05) is 5.16 Å². The van der Waals surface area contributed by atoms with Crippen LogP contribution in [-0.4, -0.2) is 18.1 Å². The lowest BCUT2D eigenvalue weighted by atomic mass is 10.2. The molecule has 44 valence electrons. The zero-order valence-electron chi connectivity index (χ0n) is 4.63. The van der Waals surface area contributed by atoms with Crippen molar-refractivity contribution in [2.75, 3.05) is 0 Å². The molecule has 1 heterocycles. The number of carbonyl (C=O) groups is 1. The molecule has 3 heteroatoms. The number of hydrogen-bond acceptors (Lipinski definition) is 3. The Balaban J connectivity index is 2.41. The van der Waals surface area contributed by atoms with Gasteiger partial charge in [-0.25, -0.2) is 0 Å². The first-order chi connectivity index (χ1) is 3.80. The molecule has 1 unspecified atom stereocenters. The lowest BCUT2D eigenvalue weighted by Gasteiger charge is -1.99. The van der Waals surface area contributed by atoms with Crippen LogP contribution in [0, 0.1) is 0 Å². The highest BCUT2D eigenvalue weighted by atomic mass is 16.6. The number of ketones is 1. The van der Waals surface area contributed by atoms with E-state index in [1.807, 2.05) is 0 Å². The monoisotopic (exact) mass is 113 g/mol. The van der Waals surface area contributed by atoms with Gasteiger partial charge in [0.1, 0.15) is 0 Å². The van der Waals surface area contributed by atoms with Gasteiger partial charge in [-0.2, -0.15) is 0 Å². The Kier molecular flexibility index (Phi) is 1.28. The molecule has 1 aliphatic rings. The predicted octanol–water partition coefficient (Wildman–Crippen LogP) is 0.350. The van der Waals surface area contributed by atoms with Crippen molar-refractivity contribution in [1.82, 2.24) is 0 Å². The summed E-state index contributed by atoms with van der Waals surface area (Å²) in [6.07, 6.45) is 1.94. The smallest absolute Gasteiger partial charge is 0.189 e. The van der Waals surface area contributed by atoms with Gasteiger partial charge in [0.2, 0.25) is 0 Å². The first-order valence-corrected chi connectivity index (χ1v) is 2.49. The van der Waals surface area contributed by atoms with Crippen molar-refractivity contribution >= 4 is 12.0 Å². The molecule has 0 N–H and O–H groups in total. The van der Waals surface area contributed by atoms with Gasteiger partial charge in [0.15, 0.2) is 11.9 Å². The van der Waals surface area contributed by atoms with E-state index in [0.717, 1.165) is 0 Å². The second kappa shape index (κ2) is 1.94. The number of hydrogen-bond donors (Lipinski definition) is 0. The molecule has 0 amide bonds. The molecular formula is C5H7NO2. The first-order valence-electron chi connectivity index (χ1n) is 2.49. The molecule has 0 spiro atoms. The van der Waals surface area contributed by atoms with Crippen LogP contribution in [0.4, 0.5) is 0 Å². The molecule has 0 saturated heterocycles. The van der Waals surface area contributed by atoms with Gasteiger partial charge in [-0.15, -0.1) is 0 Å². The van der Waals surface area contributed by atoms with E-state index in [0.29, 0.717) is 6.42 Å². The van der Waals surface area contributed by atoms with Gasteiger partial charge in [0.05, 0.1) is 0 Å². The fraction of sp³-hybridized carbons (Fsp3) is 0.600. The van der Waals surface area contributed by atoms with Crippen LogP contribution in [0.5, 0.6) is 0 Å². The predicted molar refractivity (Wildman–Crippen MR) is 28.7 cm³/mol. The van der Waals surface area contributed by atoms with Gasteiger partial charge in [-0.05, 0) is 6.92 Å². The summed E-state index contributed by atoms with van der Waals surface area (Å²) >= 11 is 0. The van der Waals surface area contributed by atoms with Gasteiger partial charge >= 0.3 is 0 Å². The Morgan fingerprint density at radius 2 is 2.75 bits per heavy atom. The molecular weight excluding hydrogens is 106 g/mol. The Hall–Kier alpha value is -0.860. The van der Waals surface area contributed by atoms with Crippen molar-refractivity contribution in [2.24, 2.45) is 5.16 Å². The van der Waals surface area contributed by atoms with Gasteiger partial charge in [0, 0.05) is 12.6 Å². The maximum Gasteiger partial charge on any atom is 0.189 e. The number of rotatable bonds is 1. The van der Waals surface area contributed by atoms with Crippen molar-refractivity contribution in [2.45, 2.75) is 19.4 Å². The summed E-state index contributed by atoms with van der Waals surface area (Å²) in [6.45, 7) is 1.50.